The minimum Gasteiger partial charge on any atom is -0.341 e. The van der Waals surface area contributed by atoms with Crippen molar-refractivity contribution in [2.75, 3.05) is 12.8 Å². The van der Waals surface area contributed by atoms with Crippen molar-refractivity contribution in [3.63, 3.8) is 0 Å². The van der Waals surface area contributed by atoms with Gasteiger partial charge in [-0.25, -0.2) is 9.78 Å². The highest BCUT2D eigenvalue weighted by Gasteiger charge is 2.14. The van der Waals surface area contributed by atoms with Crippen molar-refractivity contribution in [1.82, 2.24) is 20.2 Å². The summed E-state index contributed by atoms with van der Waals surface area (Å²) < 4.78 is 2.15. The monoisotopic (exact) mass is 334 g/mol. The summed E-state index contributed by atoms with van der Waals surface area (Å²) in [6.07, 6.45) is 1.04. The molecule has 0 atom stereocenters. The summed E-state index contributed by atoms with van der Waals surface area (Å²) >= 11 is 1.34. The molecule has 0 saturated carbocycles. The van der Waals surface area contributed by atoms with Crippen molar-refractivity contribution in [1.29, 1.82) is 0 Å². The molecule has 2 aromatic rings. The van der Waals surface area contributed by atoms with Gasteiger partial charge in [0, 0.05) is 13.6 Å². The number of aromatic nitrogens is 2. The third-order valence-corrected chi connectivity index (χ3v) is 4.34. The van der Waals surface area contributed by atoms with Gasteiger partial charge in [0.2, 0.25) is 5.91 Å². The number of aryl methyl sites for hydroxylation is 1. The molecule has 0 aliphatic carbocycles. The molecule has 0 radical (unpaired) electrons. The van der Waals surface area contributed by atoms with E-state index in [1.165, 1.54) is 18.8 Å². The average molecular weight is 334 g/mol. The Labute approximate surface area is 140 Å². The van der Waals surface area contributed by atoms with Crippen LogP contribution in [0.25, 0.3) is 11.0 Å². The zero-order valence-corrected chi connectivity index (χ0v) is 14.4. The molecule has 0 bridgehead atoms. The number of benzene rings is 1. The molecular formula is C16H22N4O2S. The van der Waals surface area contributed by atoms with E-state index in [1.54, 1.807) is 0 Å². The molecule has 1 aromatic heterocycles. The highest BCUT2D eigenvalue weighted by Crippen LogP contribution is 2.25. The molecule has 124 valence electrons. The van der Waals surface area contributed by atoms with Gasteiger partial charge in [-0.3, -0.25) is 10.1 Å². The maximum Gasteiger partial charge on any atom is 0.321 e. The van der Waals surface area contributed by atoms with E-state index < -0.39 is 6.03 Å². The largest absolute Gasteiger partial charge is 0.341 e. The molecule has 0 spiro atoms. The van der Waals surface area contributed by atoms with Crippen LogP contribution in [0.3, 0.4) is 0 Å². The van der Waals surface area contributed by atoms with Gasteiger partial charge < -0.3 is 9.88 Å². The molecule has 0 aliphatic rings. The number of carbonyl (C=O) groups excluding carboxylic acids is 2. The highest BCUT2D eigenvalue weighted by molar-refractivity contribution is 7.99. The predicted molar refractivity (Wildman–Crippen MR) is 92.5 cm³/mol. The van der Waals surface area contributed by atoms with Crippen molar-refractivity contribution in [3.8, 4) is 0 Å². The van der Waals surface area contributed by atoms with Gasteiger partial charge in [-0.1, -0.05) is 37.7 Å². The highest BCUT2D eigenvalue weighted by atomic mass is 32.2. The zero-order valence-electron chi connectivity index (χ0n) is 13.6. The lowest BCUT2D eigenvalue weighted by Gasteiger charge is -2.10. The van der Waals surface area contributed by atoms with Crippen LogP contribution >= 0.6 is 11.8 Å². The number of imidazole rings is 1. The number of amides is 3. The van der Waals surface area contributed by atoms with Crippen LogP contribution in [0.4, 0.5) is 4.79 Å². The summed E-state index contributed by atoms with van der Waals surface area (Å²) in [6.45, 7) is 5.23. The third kappa shape index (κ3) is 4.72. The molecule has 3 amide bonds. The quantitative estimate of drug-likeness (QED) is 0.796. The Bertz CT molecular complexity index is 696. The summed E-state index contributed by atoms with van der Waals surface area (Å²) in [5.74, 6) is 0.403. The molecule has 1 heterocycles. The Hall–Kier alpha value is -2.02. The Morgan fingerprint density at radius 3 is 2.74 bits per heavy atom. The number of para-hydroxylation sites is 2. The van der Waals surface area contributed by atoms with Gasteiger partial charge >= 0.3 is 6.03 Å². The Morgan fingerprint density at radius 1 is 1.30 bits per heavy atom. The number of imide groups is 1. The number of fused-ring (bicyclic) bond motifs is 1. The van der Waals surface area contributed by atoms with E-state index in [2.05, 4.69) is 34.0 Å². The fraction of sp³-hybridized carbons (Fsp3) is 0.438. The van der Waals surface area contributed by atoms with Crippen LogP contribution in [0.5, 0.6) is 0 Å². The molecule has 0 fully saturated rings. The van der Waals surface area contributed by atoms with Crippen molar-refractivity contribution >= 4 is 34.7 Å². The van der Waals surface area contributed by atoms with Crippen LogP contribution in [-0.2, 0) is 11.3 Å². The molecular weight excluding hydrogens is 312 g/mol. The fourth-order valence-electron chi connectivity index (χ4n) is 2.12. The molecule has 0 saturated heterocycles. The van der Waals surface area contributed by atoms with Gasteiger partial charge in [-0.05, 0) is 24.5 Å². The maximum atomic E-state index is 11.7. The van der Waals surface area contributed by atoms with Gasteiger partial charge in [-0.2, -0.15) is 0 Å². The van der Waals surface area contributed by atoms with E-state index in [1.807, 2.05) is 24.3 Å². The van der Waals surface area contributed by atoms with E-state index >= 15 is 0 Å². The van der Waals surface area contributed by atoms with Gasteiger partial charge in [0.1, 0.15) is 0 Å². The van der Waals surface area contributed by atoms with Gasteiger partial charge in [0.25, 0.3) is 0 Å². The number of urea groups is 1. The van der Waals surface area contributed by atoms with E-state index in [-0.39, 0.29) is 11.7 Å². The second-order valence-corrected chi connectivity index (χ2v) is 6.58. The minimum atomic E-state index is -0.496. The molecule has 2 rings (SSSR count). The second-order valence-electron chi connectivity index (χ2n) is 5.63. The van der Waals surface area contributed by atoms with Crippen molar-refractivity contribution < 1.29 is 9.59 Å². The van der Waals surface area contributed by atoms with Crippen molar-refractivity contribution in [2.24, 2.45) is 5.92 Å². The van der Waals surface area contributed by atoms with Crippen LogP contribution in [0, 0.1) is 5.92 Å². The summed E-state index contributed by atoms with van der Waals surface area (Å²) in [7, 11) is 1.47. The molecule has 1 aromatic carbocycles. The lowest BCUT2D eigenvalue weighted by molar-refractivity contribution is -0.117. The van der Waals surface area contributed by atoms with Gasteiger partial charge in [0.05, 0.1) is 16.8 Å². The molecule has 0 unspecified atom stereocenters. The Balaban J connectivity index is 2.13. The van der Waals surface area contributed by atoms with E-state index in [4.69, 9.17) is 0 Å². The lowest BCUT2D eigenvalue weighted by Crippen LogP contribution is -2.38. The van der Waals surface area contributed by atoms with Crippen LogP contribution < -0.4 is 10.6 Å². The normalized spacial score (nSPS) is 11.0. The van der Waals surface area contributed by atoms with Crippen molar-refractivity contribution in [2.45, 2.75) is 32.0 Å². The average Bonchev–Trinajstić information content (AvgIpc) is 2.88. The SMILES string of the molecule is CNC(=O)NC(=O)CSc1nc2ccccc2n1CCC(C)C. The van der Waals surface area contributed by atoms with E-state index in [0.717, 1.165) is 29.2 Å². The standard InChI is InChI=1S/C16H22N4O2S/c1-11(2)8-9-20-13-7-5-4-6-12(13)18-16(20)23-10-14(21)19-15(22)17-3/h4-7,11H,8-10H2,1-3H3,(H2,17,19,21,22). The fourth-order valence-corrected chi connectivity index (χ4v) is 2.96. The van der Waals surface area contributed by atoms with Gasteiger partial charge in [0.15, 0.2) is 5.16 Å². The van der Waals surface area contributed by atoms with Crippen LogP contribution in [0.1, 0.15) is 20.3 Å². The lowest BCUT2D eigenvalue weighted by atomic mass is 10.1. The minimum absolute atomic E-state index is 0.151. The molecule has 7 heteroatoms. The van der Waals surface area contributed by atoms with E-state index in [0.29, 0.717) is 5.92 Å². The molecule has 6 nitrogen and oxygen atoms in total. The summed E-state index contributed by atoms with van der Waals surface area (Å²) in [5.41, 5.74) is 1.99. The number of thioether (sulfide) groups is 1. The van der Waals surface area contributed by atoms with Gasteiger partial charge in [-0.15, -0.1) is 0 Å². The number of hydrogen-bond acceptors (Lipinski definition) is 4. The number of nitrogens with one attached hydrogen (secondary N) is 2. The topological polar surface area (TPSA) is 76.0 Å². The van der Waals surface area contributed by atoms with E-state index in [9.17, 15) is 9.59 Å². The van der Waals surface area contributed by atoms with Crippen LogP contribution in [0.15, 0.2) is 29.4 Å². The molecule has 23 heavy (non-hydrogen) atoms. The second kappa shape index (κ2) is 8.01. The maximum absolute atomic E-state index is 11.7. The number of rotatable bonds is 6. The Kier molecular flexibility index (Phi) is 6.04. The predicted octanol–water partition coefficient (Wildman–Crippen LogP) is 2.63. The summed E-state index contributed by atoms with van der Waals surface area (Å²) in [5, 5.41) is 5.42. The number of hydrogen-bond donors (Lipinski definition) is 2. The number of carbonyl (C=O) groups is 2. The van der Waals surface area contributed by atoms with Crippen LogP contribution in [0.2, 0.25) is 0 Å². The molecule has 0 aliphatic heterocycles. The summed E-state index contributed by atoms with van der Waals surface area (Å²) in [6, 6.07) is 7.45. The zero-order chi connectivity index (χ0) is 16.8. The molecule has 2 N–H and O–H groups in total. The number of nitrogens with zero attached hydrogens (tertiary/aromatic N) is 2. The van der Waals surface area contributed by atoms with Crippen LogP contribution in [-0.4, -0.2) is 34.3 Å². The smallest absolute Gasteiger partial charge is 0.321 e. The first-order valence-corrected chi connectivity index (χ1v) is 8.59. The third-order valence-electron chi connectivity index (χ3n) is 3.36. The first-order valence-electron chi connectivity index (χ1n) is 7.61. The first-order chi connectivity index (χ1) is 11.0. The summed E-state index contributed by atoms with van der Waals surface area (Å²) in [4.78, 5) is 27.5. The Morgan fingerprint density at radius 2 is 2.04 bits per heavy atom. The first kappa shape index (κ1) is 17.3. The van der Waals surface area contributed by atoms with Crippen molar-refractivity contribution in [3.05, 3.63) is 24.3 Å².